The van der Waals surface area contributed by atoms with Gasteiger partial charge in [-0.25, -0.2) is 4.39 Å². The normalized spacial score (nSPS) is 12.0. The van der Waals surface area contributed by atoms with E-state index in [2.05, 4.69) is 15.5 Å². The second-order valence-corrected chi connectivity index (χ2v) is 5.01. The van der Waals surface area contributed by atoms with Gasteiger partial charge in [-0.05, 0) is 30.2 Å². The molecule has 1 amide bonds. The summed E-state index contributed by atoms with van der Waals surface area (Å²) in [5, 5.41) is 17.8. The number of H-pyrrole nitrogens is 1. The zero-order valence-corrected chi connectivity index (χ0v) is 12.5. The van der Waals surface area contributed by atoms with Crippen molar-refractivity contribution in [2.45, 2.75) is 19.4 Å². The monoisotopic (exact) mass is 320 g/mol. The third-order valence-corrected chi connectivity index (χ3v) is 3.35. The standard InChI is InChI=1S/C15H17FN4O3/c1-2-8-6-19-20-13(8)9-3-10(5-11(16)4-9)14(21)18-7-12(17)15(22)23/h3-6,12H,2,7,17H2,1H3,(H,18,21)(H,19,20)(H,22,23)/t12-/m1/s1. The van der Waals surface area contributed by atoms with Crippen LogP contribution in [0.1, 0.15) is 22.8 Å². The van der Waals surface area contributed by atoms with Gasteiger partial charge in [0.05, 0.1) is 11.9 Å². The highest BCUT2D eigenvalue weighted by Gasteiger charge is 2.16. The van der Waals surface area contributed by atoms with Gasteiger partial charge < -0.3 is 16.2 Å². The second kappa shape index (κ2) is 7.01. The number of aliphatic carboxylic acids is 1. The van der Waals surface area contributed by atoms with Gasteiger partial charge in [0.25, 0.3) is 5.91 Å². The average molecular weight is 320 g/mol. The molecule has 0 spiro atoms. The van der Waals surface area contributed by atoms with Crippen LogP contribution in [0.15, 0.2) is 24.4 Å². The summed E-state index contributed by atoms with van der Waals surface area (Å²) in [6.07, 6.45) is 2.35. The fraction of sp³-hybridized carbons (Fsp3) is 0.267. The Morgan fingerprint density at radius 1 is 1.43 bits per heavy atom. The number of amides is 1. The Balaban J connectivity index is 2.23. The molecule has 1 aromatic heterocycles. The number of nitrogens with one attached hydrogen (secondary N) is 2. The number of carboxylic acids is 1. The molecule has 2 rings (SSSR count). The van der Waals surface area contributed by atoms with Crippen molar-refractivity contribution in [3.8, 4) is 11.3 Å². The summed E-state index contributed by atoms with van der Waals surface area (Å²) < 4.78 is 13.8. The molecule has 0 aliphatic carbocycles. The summed E-state index contributed by atoms with van der Waals surface area (Å²) in [7, 11) is 0. The fourth-order valence-corrected chi connectivity index (χ4v) is 2.09. The van der Waals surface area contributed by atoms with Gasteiger partial charge in [-0.3, -0.25) is 14.7 Å². The Bertz CT molecular complexity index is 729. The lowest BCUT2D eigenvalue weighted by atomic mass is 10.0. The summed E-state index contributed by atoms with van der Waals surface area (Å²) in [5.41, 5.74) is 7.43. The predicted octanol–water partition coefficient (Wildman–Crippen LogP) is 0.920. The molecular weight excluding hydrogens is 303 g/mol. The van der Waals surface area contributed by atoms with Gasteiger partial charge in [0, 0.05) is 17.7 Å². The van der Waals surface area contributed by atoms with Crippen LogP contribution < -0.4 is 11.1 Å². The first kappa shape index (κ1) is 16.6. The zero-order chi connectivity index (χ0) is 17.0. The lowest BCUT2D eigenvalue weighted by Gasteiger charge is -2.10. The highest BCUT2D eigenvalue weighted by Crippen LogP contribution is 2.23. The van der Waals surface area contributed by atoms with Crippen molar-refractivity contribution in [1.29, 1.82) is 0 Å². The Morgan fingerprint density at radius 3 is 2.83 bits per heavy atom. The maximum Gasteiger partial charge on any atom is 0.322 e. The Kier molecular flexibility index (Phi) is 5.07. The number of benzene rings is 1. The molecule has 7 nitrogen and oxygen atoms in total. The molecule has 23 heavy (non-hydrogen) atoms. The number of hydrogen-bond donors (Lipinski definition) is 4. The molecule has 8 heteroatoms. The number of aryl methyl sites for hydroxylation is 1. The van der Waals surface area contributed by atoms with Gasteiger partial charge >= 0.3 is 5.97 Å². The first-order valence-electron chi connectivity index (χ1n) is 7.02. The predicted molar refractivity (Wildman–Crippen MR) is 81.3 cm³/mol. The zero-order valence-electron chi connectivity index (χ0n) is 12.5. The van der Waals surface area contributed by atoms with Crippen LogP contribution in [0.25, 0.3) is 11.3 Å². The van der Waals surface area contributed by atoms with Crippen LogP contribution >= 0.6 is 0 Å². The molecule has 2 aromatic rings. The van der Waals surface area contributed by atoms with E-state index in [0.29, 0.717) is 17.7 Å². The molecular formula is C15H17FN4O3. The second-order valence-electron chi connectivity index (χ2n) is 5.01. The highest BCUT2D eigenvalue weighted by molar-refractivity contribution is 5.95. The SMILES string of the molecule is CCc1cn[nH]c1-c1cc(F)cc(C(=O)NC[C@@H](N)C(=O)O)c1. The number of rotatable bonds is 6. The number of carboxylic acid groups (broad SMARTS) is 1. The molecule has 0 unspecified atom stereocenters. The number of carbonyl (C=O) groups excluding carboxylic acids is 1. The van der Waals surface area contributed by atoms with Crippen molar-refractivity contribution < 1.29 is 19.1 Å². The van der Waals surface area contributed by atoms with E-state index in [1.807, 2.05) is 6.92 Å². The van der Waals surface area contributed by atoms with Crippen LogP contribution in [0.3, 0.4) is 0 Å². The average Bonchev–Trinajstić information content (AvgIpc) is 3.00. The van der Waals surface area contributed by atoms with Crippen molar-refractivity contribution in [2.24, 2.45) is 5.73 Å². The van der Waals surface area contributed by atoms with Crippen LogP contribution in [-0.2, 0) is 11.2 Å². The topological polar surface area (TPSA) is 121 Å². The molecule has 1 aromatic carbocycles. The van der Waals surface area contributed by atoms with Gasteiger partial charge in [-0.15, -0.1) is 0 Å². The van der Waals surface area contributed by atoms with Crippen LogP contribution in [0, 0.1) is 5.82 Å². The van der Waals surface area contributed by atoms with Crippen molar-refractivity contribution in [1.82, 2.24) is 15.5 Å². The van der Waals surface area contributed by atoms with Crippen LogP contribution in [-0.4, -0.2) is 39.8 Å². The summed E-state index contributed by atoms with van der Waals surface area (Å²) >= 11 is 0. The first-order valence-corrected chi connectivity index (χ1v) is 7.02. The molecule has 0 fully saturated rings. The Morgan fingerprint density at radius 2 is 2.17 bits per heavy atom. The number of aromatic amines is 1. The van der Waals surface area contributed by atoms with E-state index in [9.17, 15) is 14.0 Å². The van der Waals surface area contributed by atoms with E-state index in [1.54, 1.807) is 6.20 Å². The fourth-order valence-electron chi connectivity index (χ4n) is 2.09. The highest BCUT2D eigenvalue weighted by atomic mass is 19.1. The van der Waals surface area contributed by atoms with E-state index >= 15 is 0 Å². The molecule has 0 aliphatic rings. The van der Waals surface area contributed by atoms with E-state index in [0.717, 1.165) is 11.6 Å². The van der Waals surface area contributed by atoms with E-state index < -0.39 is 23.7 Å². The number of nitrogens with two attached hydrogens (primary N) is 1. The van der Waals surface area contributed by atoms with Crippen molar-refractivity contribution in [2.75, 3.05) is 6.54 Å². The molecule has 5 N–H and O–H groups in total. The third-order valence-electron chi connectivity index (χ3n) is 3.35. The summed E-state index contributed by atoms with van der Waals surface area (Å²) in [6, 6.07) is 2.67. The van der Waals surface area contributed by atoms with Crippen LogP contribution in [0.5, 0.6) is 0 Å². The number of nitrogens with zero attached hydrogens (tertiary/aromatic N) is 1. The third kappa shape index (κ3) is 3.92. The van der Waals surface area contributed by atoms with Crippen molar-refractivity contribution in [3.05, 3.63) is 41.3 Å². The lowest BCUT2D eigenvalue weighted by molar-refractivity contribution is -0.138. The molecule has 0 bridgehead atoms. The molecule has 0 saturated heterocycles. The number of hydrogen-bond acceptors (Lipinski definition) is 4. The minimum absolute atomic E-state index is 0.0780. The minimum atomic E-state index is -1.23. The Labute approximate surface area is 131 Å². The molecule has 1 atom stereocenters. The molecule has 0 aliphatic heterocycles. The van der Waals surface area contributed by atoms with Gasteiger partial charge in [-0.2, -0.15) is 5.10 Å². The number of halogens is 1. The van der Waals surface area contributed by atoms with E-state index in [-0.39, 0.29) is 12.1 Å². The number of aromatic nitrogens is 2. The first-order chi connectivity index (χ1) is 10.9. The van der Waals surface area contributed by atoms with Gasteiger partial charge in [0.2, 0.25) is 0 Å². The maximum atomic E-state index is 13.8. The summed E-state index contributed by atoms with van der Waals surface area (Å²) in [4.78, 5) is 22.7. The maximum absolute atomic E-state index is 13.8. The number of carbonyl (C=O) groups is 2. The summed E-state index contributed by atoms with van der Waals surface area (Å²) in [5.74, 6) is -2.40. The minimum Gasteiger partial charge on any atom is -0.480 e. The molecule has 1 heterocycles. The van der Waals surface area contributed by atoms with Gasteiger partial charge in [0.15, 0.2) is 0 Å². The summed E-state index contributed by atoms with van der Waals surface area (Å²) in [6.45, 7) is 1.69. The van der Waals surface area contributed by atoms with Crippen LogP contribution in [0.2, 0.25) is 0 Å². The lowest BCUT2D eigenvalue weighted by Crippen LogP contribution is -2.42. The van der Waals surface area contributed by atoms with Crippen molar-refractivity contribution >= 4 is 11.9 Å². The molecule has 0 radical (unpaired) electrons. The Hall–Kier alpha value is -2.74. The molecule has 122 valence electrons. The largest absolute Gasteiger partial charge is 0.480 e. The smallest absolute Gasteiger partial charge is 0.322 e. The van der Waals surface area contributed by atoms with Gasteiger partial charge in [-0.1, -0.05) is 6.92 Å². The quantitative estimate of drug-likeness (QED) is 0.630. The molecule has 0 saturated carbocycles. The van der Waals surface area contributed by atoms with Crippen LogP contribution in [0.4, 0.5) is 4.39 Å². The van der Waals surface area contributed by atoms with E-state index in [4.69, 9.17) is 10.8 Å². The van der Waals surface area contributed by atoms with Crippen molar-refractivity contribution in [3.63, 3.8) is 0 Å². The van der Waals surface area contributed by atoms with Gasteiger partial charge in [0.1, 0.15) is 11.9 Å². The van der Waals surface area contributed by atoms with E-state index in [1.165, 1.54) is 12.1 Å².